The van der Waals surface area contributed by atoms with Crippen molar-refractivity contribution >= 4 is 60.5 Å². The van der Waals surface area contributed by atoms with E-state index in [1.165, 1.54) is 43.8 Å². The number of hydrogen-bond acceptors (Lipinski definition) is 2. The molecule has 0 aliphatic rings. The van der Waals surface area contributed by atoms with Crippen molar-refractivity contribution in [3.05, 3.63) is 176 Å². The van der Waals surface area contributed by atoms with Crippen molar-refractivity contribution in [2.24, 2.45) is 0 Å². The summed E-state index contributed by atoms with van der Waals surface area (Å²) in [6.07, 6.45) is 0. The monoisotopic (exact) mass is 587 g/mol. The fraction of sp³-hybridized carbons (Fsp3) is 0. The Kier molecular flexibility index (Phi) is 6.17. The maximum atomic E-state index is 6.12. The average molecular weight is 588 g/mol. The molecule has 0 N–H and O–H groups in total. The molecular weight excluding hydrogens is 558 g/mol. The zero-order chi connectivity index (χ0) is 30.5. The lowest BCUT2D eigenvalue weighted by Gasteiger charge is -2.26. The number of anilines is 3. The Morgan fingerprint density at radius 3 is 1.54 bits per heavy atom. The van der Waals surface area contributed by atoms with E-state index >= 15 is 0 Å². The molecule has 0 unspecified atom stereocenters. The molecule has 0 atom stereocenters. The van der Waals surface area contributed by atoms with Crippen LogP contribution in [0.5, 0.6) is 0 Å². The molecule has 0 aliphatic carbocycles. The molecule has 8 aromatic carbocycles. The van der Waals surface area contributed by atoms with Crippen molar-refractivity contribution in [2.45, 2.75) is 0 Å². The van der Waals surface area contributed by atoms with Crippen molar-refractivity contribution in [3.8, 4) is 22.3 Å². The second-order valence-electron chi connectivity index (χ2n) is 11.8. The highest BCUT2D eigenvalue weighted by Crippen LogP contribution is 2.38. The maximum absolute atomic E-state index is 6.12. The van der Waals surface area contributed by atoms with Crippen LogP contribution in [0.3, 0.4) is 0 Å². The zero-order valence-corrected chi connectivity index (χ0v) is 25.1. The Morgan fingerprint density at radius 1 is 0.304 bits per heavy atom. The van der Waals surface area contributed by atoms with E-state index in [9.17, 15) is 0 Å². The predicted octanol–water partition coefficient (Wildman–Crippen LogP) is 12.7. The first-order valence-corrected chi connectivity index (χ1v) is 15.7. The molecule has 216 valence electrons. The number of benzene rings is 8. The topological polar surface area (TPSA) is 16.4 Å². The molecule has 9 aromatic rings. The smallest absolute Gasteiger partial charge is 0.136 e. The van der Waals surface area contributed by atoms with E-state index in [0.29, 0.717) is 0 Å². The van der Waals surface area contributed by atoms with E-state index in [1.54, 1.807) is 0 Å². The summed E-state index contributed by atoms with van der Waals surface area (Å²) in [6.45, 7) is 0. The van der Waals surface area contributed by atoms with E-state index in [-0.39, 0.29) is 0 Å². The molecule has 1 heterocycles. The first-order chi connectivity index (χ1) is 22.8. The van der Waals surface area contributed by atoms with Crippen LogP contribution in [-0.2, 0) is 0 Å². The summed E-state index contributed by atoms with van der Waals surface area (Å²) in [5, 5.41) is 7.20. The maximum Gasteiger partial charge on any atom is 0.136 e. The minimum absolute atomic E-state index is 0.926. The average Bonchev–Trinajstić information content (AvgIpc) is 3.49. The van der Waals surface area contributed by atoms with Gasteiger partial charge in [-0.3, -0.25) is 0 Å². The van der Waals surface area contributed by atoms with E-state index in [2.05, 4.69) is 169 Å². The number of furan rings is 1. The lowest BCUT2D eigenvalue weighted by atomic mass is 9.99. The summed E-state index contributed by atoms with van der Waals surface area (Å²) in [5.41, 5.74) is 10.0. The zero-order valence-electron chi connectivity index (χ0n) is 25.1. The largest absolute Gasteiger partial charge is 0.456 e. The third kappa shape index (κ3) is 4.60. The number of fused-ring (bicyclic) bond motifs is 5. The van der Waals surface area contributed by atoms with Crippen molar-refractivity contribution in [1.82, 2.24) is 0 Å². The van der Waals surface area contributed by atoms with Crippen molar-refractivity contribution in [2.75, 3.05) is 4.90 Å². The molecule has 0 saturated heterocycles. The molecule has 0 bridgehead atoms. The number of nitrogens with zero attached hydrogens (tertiary/aromatic N) is 1. The highest BCUT2D eigenvalue weighted by atomic mass is 16.3. The summed E-state index contributed by atoms with van der Waals surface area (Å²) in [5.74, 6) is 0. The van der Waals surface area contributed by atoms with Gasteiger partial charge >= 0.3 is 0 Å². The Hall–Kier alpha value is -6.12. The lowest BCUT2D eigenvalue weighted by Crippen LogP contribution is -2.09. The van der Waals surface area contributed by atoms with Crippen LogP contribution >= 0.6 is 0 Å². The number of para-hydroxylation sites is 2. The van der Waals surface area contributed by atoms with Crippen molar-refractivity contribution in [1.29, 1.82) is 0 Å². The van der Waals surface area contributed by atoms with Gasteiger partial charge in [0, 0.05) is 27.8 Å². The Labute approximate surface area is 267 Å². The molecule has 0 amide bonds. The van der Waals surface area contributed by atoms with Crippen molar-refractivity contribution in [3.63, 3.8) is 0 Å². The molecule has 0 fully saturated rings. The van der Waals surface area contributed by atoms with Gasteiger partial charge in [-0.15, -0.1) is 0 Å². The first kappa shape index (κ1) is 26.3. The second kappa shape index (κ2) is 10.8. The Morgan fingerprint density at radius 2 is 0.826 bits per heavy atom. The number of rotatable bonds is 5. The predicted molar refractivity (Wildman–Crippen MR) is 194 cm³/mol. The van der Waals surface area contributed by atoms with Gasteiger partial charge in [0.25, 0.3) is 0 Å². The van der Waals surface area contributed by atoms with Crippen LogP contribution in [0.15, 0.2) is 180 Å². The summed E-state index contributed by atoms with van der Waals surface area (Å²) in [4.78, 5) is 2.31. The van der Waals surface area contributed by atoms with Crippen LogP contribution in [0, 0.1) is 0 Å². The molecule has 0 radical (unpaired) electrons. The van der Waals surface area contributed by atoms with Crippen LogP contribution < -0.4 is 4.90 Å². The minimum Gasteiger partial charge on any atom is -0.456 e. The summed E-state index contributed by atoms with van der Waals surface area (Å²) in [6, 6.07) is 62.9. The van der Waals surface area contributed by atoms with Crippen LogP contribution in [0.4, 0.5) is 17.1 Å². The van der Waals surface area contributed by atoms with Gasteiger partial charge in [0.05, 0.1) is 0 Å². The fourth-order valence-electron chi connectivity index (χ4n) is 6.65. The summed E-state index contributed by atoms with van der Waals surface area (Å²) < 4.78 is 6.12. The summed E-state index contributed by atoms with van der Waals surface area (Å²) >= 11 is 0. The second-order valence-corrected chi connectivity index (χ2v) is 11.8. The third-order valence-electron chi connectivity index (χ3n) is 9.02. The van der Waals surface area contributed by atoms with Crippen LogP contribution in [-0.4, -0.2) is 0 Å². The normalized spacial score (nSPS) is 11.5. The van der Waals surface area contributed by atoms with Gasteiger partial charge in [0.1, 0.15) is 11.2 Å². The molecule has 9 rings (SSSR count). The highest BCUT2D eigenvalue weighted by Gasteiger charge is 2.14. The highest BCUT2D eigenvalue weighted by molar-refractivity contribution is 6.10. The SMILES string of the molecule is c1ccc(N(c2ccc(-c3ccc4ccccc4c3)cc2)c2ccc(-c3ccc4cc5oc6ccccc6c5cc4c3)cc2)cc1. The van der Waals surface area contributed by atoms with E-state index in [0.717, 1.165) is 39.0 Å². The van der Waals surface area contributed by atoms with Crippen molar-refractivity contribution < 1.29 is 4.42 Å². The molecule has 46 heavy (non-hydrogen) atoms. The molecule has 2 heteroatoms. The quantitative estimate of drug-likeness (QED) is 0.199. The molecular formula is C44H29NO. The molecule has 2 nitrogen and oxygen atoms in total. The Bertz CT molecular complexity index is 2510. The Balaban J connectivity index is 1.06. The van der Waals surface area contributed by atoms with Gasteiger partial charge < -0.3 is 9.32 Å². The third-order valence-corrected chi connectivity index (χ3v) is 9.02. The standard InChI is InChI=1S/C44H29NO/c1-2-10-38(11-3-1)45(39-22-18-31(19-23-39)34-15-14-30-8-4-5-9-33(30)26-34)40-24-20-32(21-25-40)35-16-17-36-29-44-42(28-37(36)27-35)41-12-6-7-13-43(41)46-44/h1-29H. The fourth-order valence-corrected chi connectivity index (χ4v) is 6.65. The van der Waals surface area contributed by atoms with Gasteiger partial charge in [0.15, 0.2) is 0 Å². The molecule has 0 aliphatic heterocycles. The number of hydrogen-bond donors (Lipinski definition) is 0. The van der Waals surface area contributed by atoms with Crippen LogP contribution in [0.1, 0.15) is 0 Å². The van der Waals surface area contributed by atoms with Gasteiger partial charge in [-0.1, -0.05) is 109 Å². The van der Waals surface area contributed by atoms with Crippen LogP contribution in [0.25, 0.3) is 65.7 Å². The molecule has 1 aromatic heterocycles. The van der Waals surface area contributed by atoms with E-state index < -0.39 is 0 Å². The molecule has 0 saturated carbocycles. The van der Waals surface area contributed by atoms with Gasteiger partial charge in [-0.2, -0.15) is 0 Å². The van der Waals surface area contributed by atoms with E-state index in [4.69, 9.17) is 4.42 Å². The lowest BCUT2D eigenvalue weighted by molar-refractivity contribution is 0.669. The first-order valence-electron chi connectivity index (χ1n) is 15.7. The van der Waals surface area contributed by atoms with E-state index in [1.807, 2.05) is 12.1 Å². The minimum atomic E-state index is 0.926. The van der Waals surface area contributed by atoms with Gasteiger partial charge in [0.2, 0.25) is 0 Å². The van der Waals surface area contributed by atoms with Gasteiger partial charge in [-0.25, -0.2) is 0 Å². The summed E-state index contributed by atoms with van der Waals surface area (Å²) in [7, 11) is 0. The van der Waals surface area contributed by atoms with Gasteiger partial charge in [-0.05, 0) is 111 Å². The molecule has 0 spiro atoms. The van der Waals surface area contributed by atoms with Crippen LogP contribution in [0.2, 0.25) is 0 Å².